The molecule has 0 atom stereocenters. The standard InChI is InChI=1S/C25H23N5O3S/c1-33-24(32)20-11-5-6-12-21(20)27-22(31)17-34-25-29-28-23(19-10-7-14-26-16-19)30(25)15-13-18-8-3-2-4-9-18/h2-12,14,16H,13,15,17H2,1H3,(H,27,31). The van der Waals surface area contributed by atoms with Gasteiger partial charge in [-0.25, -0.2) is 4.79 Å². The van der Waals surface area contributed by atoms with Crippen molar-refractivity contribution in [3.05, 3.63) is 90.3 Å². The number of ether oxygens (including phenoxy) is 1. The van der Waals surface area contributed by atoms with E-state index in [1.807, 2.05) is 34.9 Å². The Bertz CT molecular complexity index is 1260. The monoisotopic (exact) mass is 473 g/mol. The number of methoxy groups -OCH3 is 1. The van der Waals surface area contributed by atoms with Crippen molar-refractivity contribution in [3.63, 3.8) is 0 Å². The van der Waals surface area contributed by atoms with Crippen LogP contribution < -0.4 is 5.32 Å². The maximum Gasteiger partial charge on any atom is 0.339 e. The van der Waals surface area contributed by atoms with Crippen LogP contribution in [0.1, 0.15) is 15.9 Å². The number of aromatic nitrogens is 4. The second-order valence-electron chi connectivity index (χ2n) is 7.31. The Morgan fingerprint density at radius 1 is 1.00 bits per heavy atom. The van der Waals surface area contributed by atoms with E-state index in [1.165, 1.54) is 24.4 Å². The maximum absolute atomic E-state index is 12.7. The van der Waals surface area contributed by atoms with E-state index in [4.69, 9.17) is 4.74 Å². The van der Waals surface area contributed by atoms with Crippen molar-refractivity contribution >= 4 is 29.3 Å². The molecule has 0 aliphatic heterocycles. The van der Waals surface area contributed by atoms with Crippen molar-refractivity contribution in [2.24, 2.45) is 0 Å². The highest BCUT2D eigenvalue weighted by molar-refractivity contribution is 7.99. The van der Waals surface area contributed by atoms with Gasteiger partial charge in [-0.05, 0) is 36.2 Å². The van der Waals surface area contributed by atoms with Gasteiger partial charge < -0.3 is 14.6 Å². The number of thioether (sulfide) groups is 1. The number of nitrogens with zero attached hydrogens (tertiary/aromatic N) is 4. The lowest BCUT2D eigenvalue weighted by Crippen LogP contribution is -2.17. The van der Waals surface area contributed by atoms with E-state index >= 15 is 0 Å². The highest BCUT2D eigenvalue weighted by atomic mass is 32.2. The number of rotatable bonds is 9. The minimum atomic E-state index is -0.509. The Hall–Kier alpha value is -3.98. The molecule has 0 saturated heterocycles. The quantitative estimate of drug-likeness (QED) is 0.289. The third-order valence-electron chi connectivity index (χ3n) is 5.04. The van der Waals surface area contributed by atoms with Crippen LogP contribution in [0.5, 0.6) is 0 Å². The third-order valence-corrected chi connectivity index (χ3v) is 6.01. The van der Waals surface area contributed by atoms with Crippen LogP contribution in [-0.4, -0.2) is 44.5 Å². The molecule has 1 N–H and O–H groups in total. The first-order valence-corrected chi connectivity index (χ1v) is 11.6. The lowest BCUT2D eigenvalue weighted by atomic mass is 10.1. The highest BCUT2D eigenvalue weighted by Gasteiger charge is 2.17. The van der Waals surface area contributed by atoms with Gasteiger partial charge in [-0.1, -0.05) is 54.2 Å². The molecule has 0 saturated carbocycles. The van der Waals surface area contributed by atoms with Crippen LogP contribution in [-0.2, 0) is 22.5 Å². The molecule has 0 aliphatic carbocycles. The van der Waals surface area contributed by atoms with Crippen molar-refractivity contribution in [2.45, 2.75) is 18.1 Å². The van der Waals surface area contributed by atoms with Gasteiger partial charge in [0.05, 0.1) is 24.1 Å². The number of anilines is 1. The second-order valence-corrected chi connectivity index (χ2v) is 8.25. The largest absolute Gasteiger partial charge is 0.465 e. The fraction of sp³-hybridized carbons (Fsp3) is 0.160. The molecule has 0 radical (unpaired) electrons. The minimum absolute atomic E-state index is 0.103. The first kappa shape index (κ1) is 23.2. The SMILES string of the molecule is COC(=O)c1ccccc1NC(=O)CSc1nnc(-c2cccnc2)n1CCc1ccccc1. The lowest BCUT2D eigenvalue weighted by Gasteiger charge is -2.11. The van der Waals surface area contributed by atoms with Crippen LogP contribution in [0.3, 0.4) is 0 Å². The zero-order valence-electron chi connectivity index (χ0n) is 18.5. The van der Waals surface area contributed by atoms with Crippen molar-refractivity contribution in [1.82, 2.24) is 19.7 Å². The van der Waals surface area contributed by atoms with Gasteiger partial charge in [-0.2, -0.15) is 0 Å². The van der Waals surface area contributed by atoms with Crippen LogP contribution in [0.25, 0.3) is 11.4 Å². The molecule has 8 nitrogen and oxygen atoms in total. The molecule has 9 heteroatoms. The van der Waals surface area contributed by atoms with Gasteiger partial charge in [-0.15, -0.1) is 10.2 Å². The van der Waals surface area contributed by atoms with Crippen LogP contribution >= 0.6 is 11.8 Å². The van der Waals surface area contributed by atoms with Crippen molar-refractivity contribution in [2.75, 3.05) is 18.2 Å². The number of hydrogen-bond donors (Lipinski definition) is 1. The molecule has 0 unspecified atom stereocenters. The van der Waals surface area contributed by atoms with Gasteiger partial charge in [0.25, 0.3) is 0 Å². The number of aryl methyl sites for hydroxylation is 1. The van der Waals surface area contributed by atoms with Crippen molar-refractivity contribution in [3.8, 4) is 11.4 Å². The number of pyridine rings is 1. The van der Waals surface area contributed by atoms with Crippen molar-refractivity contribution < 1.29 is 14.3 Å². The van der Waals surface area contributed by atoms with Crippen LogP contribution in [0.15, 0.2) is 84.3 Å². The summed E-state index contributed by atoms with van der Waals surface area (Å²) in [5.74, 6) is 0.0293. The number of carbonyl (C=O) groups is 2. The van der Waals surface area contributed by atoms with Crippen molar-refractivity contribution in [1.29, 1.82) is 0 Å². The Kier molecular flexibility index (Phi) is 7.67. The molecule has 0 aliphatic rings. The summed E-state index contributed by atoms with van der Waals surface area (Å²) in [5.41, 5.74) is 2.75. The number of carbonyl (C=O) groups excluding carboxylic acids is 2. The topological polar surface area (TPSA) is 99.0 Å². The van der Waals surface area contributed by atoms with Gasteiger partial charge in [0.1, 0.15) is 0 Å². The van der Waals surface area contributed by atoms with E-state index in [1.54, 1.807) is 36.7 Å². The number of nitrogens with one attached hydrogen (secondary N) is 1. The van der Waals surface area contributed by atoms with E-state index in [0.29, 0.717) is 28.8 Å². The maximum atomic E-state index is 12.7. The first-order chi connectivity index (χ1) is 16.7. The third kappa shape index (κ3) is 5.68. The summed E-state index contributed by atoms with van der Waals surface area (Å²) >= 11 is 1.29. The predicted molar refractivity (Wildman–Crippen MR) is 131 cm³/mol. The van der Waals surface area contributed by atoms with E-state index in [-0.39, 0.29) is 11.7 Å². The molecule has 172 valence electrons. The van der Waals surface area contributed by atoms with E-state index in [9.17, 15) is 9.59 Å². The summed E-state index contributed by atoms with van der Waals surface area (Å²) in [7, 11) is 1.30. The molecule has 2 aromatic heterocycles. The number of amides is 1. The van der Waals surface area contributed by atoms with Gasteiger partial charge >= 0.3 is 5.97 Å². The zero-order chi connectivity index (χ0) is 23.8. The molecule has 0 fully saturated rings. The second kappa shape index (κ2) is 11.2. The Morgan fingerprint density at radius 3 is 2.56 bits per heavy atom. The fourth-order valence-corrected chi connectivity index (χ4v) is 4.15. The smallest absolute Gasteiger partial charge is 0.339 e. The molecule has 0 bridgehead atoms. The van der Waals surface area contributed by atoms with Gasteiger partial charge in [0.2, 0.25) is 5.91 Å². The number of para-hydroxylation sites is 1. The minimum Gasteiger partial charge on any atom is -0.465 e. The van der Waals surface area contributed by atoms with Crippen LogP contribution in [0, 0.1) is 0 Å². The molecule has 4 rings (SSSR count). The normalized spacial score (nSPS) is 10.6. The Labute approximate surface area is 201 Å². The van der Waals surface area contributed by atoms with Gasteiger partial charge in [0.15, 0.2) is 11.0 Å². The predicted octanol–water partition coefficient (Wildman–Crippen LogP) is 4.10. The molecule has 34 heavy (non-hydrogen) atoms. The fourth-order valence-electron chi connectivity index (χ4n) is 3.39. The van der Waals surface area contributed by atoms with Gasteiger partial charge in [-0.3, -0.25) is 9.78 Å². The molecular weight excluding hydrogens is 450 g/mol. The van der Waals surface area contributed by atoms with Crippen LogP contribution in [0.2, 0.25) is 0 Å². The number of hydrogen-bond acceptors (Lipinski definition) is 7. The van der Waals surface area contributed by atoms with E-state index in [2.05, 4.69) is 32.6 Å². The lowest BCUT2D eigenvalue weighted by molar-refractivity contribution is -0.113. The van der Waals surface area contributed by atoms with E-state index < -0.39 is 5.97 Å². The first-order valence-electron chi connectivity index (χ1n) is 10.6. The molecule has 0 spiro atoms. The summed E-state index contributed by atoms with van der Waals surface area (Å²) in [6.45, 7) is 0.649. The Balaban J connectivity index is 1.50. The molecule has 4 aromatic rings. The summed E-state index contributed by atoms with van der Waals surface area (Å²) in [5, 5.41) is 12.1. The highest BCUT2D eigenvalue weighted by Crippen LogP contribution is 2.25. The number of benzene rings is 2. The summed E-state index contributed by atoms with van der Waals surface area (Å²) < 4.78 is 6.79. The summed E-state index contributed by atoms with van der Waals surface area (Å²) in [6.07, 6.45) is 4.24. The summed E-state index contributed by atoms with van der Waals surface area (Å²) in [4.78, 5) is 28.8. The average molecular weight is 474 g/mol. The Morgan fingerprint density at radius 2 is 1.79 bits per heavy atom. The summed E-state index contributed by atoms with van der Waals surface area (Å²) in [6, 6.07) is 20.7. The molecular formula is C25H23N5O3S. The van der Waals surface area contributed by atoms with Crippen LogP contribution in [0.4, 0.5) is 5.69 Å². The molecule has 2 aromatic carbocycles. The van der Waals surface area contributed by atoms with Gasteiger partial charge in [0, 0.05) is 24.5 Å². The molecule has 1 amide bonds. The molecule has 2 heterocycles. The number of esters is 1. The average Bonchev–Trinajstić information content (AvgIpc) is 3.30. The zero-order valence-corrected chi connectivity index (χ0v) is 19.4. The van der Waals surface area contributed by atoms with E-state index in [0.717, 1.165) is 12.0 Å².